The molecular formula is C32H34N4O4S. The summed E-state index contributed by atoms with van der Waals surface area (Å²) in [5, 5.41) is 3.51. The van der Waals surface area contributed by atoms with Crippen molar-refractivity contribution in [2.75, 3.05) is 25.3 Å². The van der Waals surface area contributed by atoms with Crippen LogP contribution in [0.5, 0.6) is 11.5 Å². The van der Waals surface area contributed by atoms with Gasteiger partial charge in [-0.15, -0.1) is 0 Å². The van der Waals surface area contributed by atoms with Crippen molar-refractivity contribution in [2.45, 2.75) is 38.5 Å². The highest BCUT2D eigenvalue weighted by molar-refractivity contribution is 7.99. The van der Waals surface area contributed by atoms with Crippen molar-refractivity contribution in [1.29, 1.82) is 0 Å². The summed E-state index contributed by atoms with van der Waals surface area (Å²) in [6.07, 6.45) is 0. The van der Waals surface area contributed by atoms with Crippen LogP contribution in [0.2, 0.25) is 0 Å². The fourth-order valence-electron chi connectivity index (χ4n) is 4.40. The average Bonchev–Trinajstić information content (AvgIpc) is 2.96. The third-order valence-corrected chi connectivity index (χ3v) is 7.25. The molecule has 0 radical (unpaired) electrons. The van der Waals surface area contributed by atoms with Gasteiger partial charge in [0, 0.05) is 24.0 Å². The van der Waals surface area contributed by atoms with Crippen LogP contribution in [0.15, 0.2) is 84.0 Å². The second-order valence-corrected chi connectivity index (χ2v) is 10.5. The maximum atomic E-state index is 14.1. The lowest BCUT2D eigenvalue weighted by Gasteiger charge is -2.32. The Hall–Kier alpha value is -4.37. The van der Waals surface area contributed by atoms with Gasteiger partial charge in [0.1, 0.15) is 17.5 Å². The van der Waals surface area contributed by atoms with Gasteiger partial charge in [0.2, 0.25) is 5.91 Å². The summed E-state index contributed by atoms with van der Waals surface area (Å²) in [6, 6.07) is 23.4. The number of carbonyl (C=O) groups is 2. The van der Waals surface area contributed by atoms with E-state index in [2.05, 4.69) is 15.3 Å². The maximum Gasteiger partial charge on any atom is 0.251 e. The molecule has 0 bridgehead atoms. The van der Waals surface area contributed by atoms with Crippen molar-refractivity contribution in [3.8, 4) is 11.5 Å². The van der Waals surface area contributed by atoms with Gasteiger partial charge in [-0.1, -0.05) is 71.9 Å². The maximum absolute atomic E-state index is 14.1. The molecule has 212 valence electrons. The van der Waals surface area contributed by atoms with Gasteiger partial charge in [-0.05, 0) is 50.1 Å². The predicted octanol–water partition coefficient (Wildman–Crippen LogP) is 5.92. The van der Waals surface area contributed by atoms with Crippen molar-refractivity contribution >= 4 is 29.3 Å². The van der Waals surface area contributed by atoms with Gasteiger partial charge in [0.25, 0.3) is 5.91 Å². The largest absolute Gasteiger partial charge is 0.497 e. The second-order valence-electron chi connectivity index (χ2n) is 9.60. The van der Waals surface area contributed by atoms with Crippen LogP contribution in [-0.4, -0.2) is 46.7 Å². The number of ether oxygens (including phenoxy) is 2. The number of thioether (sulfide) groups is 1. The number of carbonyl (C=O) groups excluding carboxylic acids is 2. The Morgan fingerprint density at radius 3 is 2.20 bits per heavy atom. The topological polar surface area (TPSA) is 93.7 Å². The molecule has 2 amide bonds. The molecule has 0 saturated carbocycles. The molecule has 0 aliphatic heterocycles. The van der Waals surface area contributed by atoms with E-state index in [-0.39, 0.29) is 24.1 Å². The van der Waals surface area contributed by atoms with Gasteiger partial charge in [0.15, 0.2) is 5.16 Å². The van der Waals surface area contributed by atoms with Gasteiger partial charge in [-0.3, -0.25) is 9.59 Å². The summed E-state index contributed by atoms with van der Waals surface area (Å²) < 4.78 is 10.8. The van der Waals surface area contributed by atoms with Crippen LogP contribution < -0.4 is 14.8 Å². The van der Waals surface area contributed by atoms with E-state index >= 15 is 0 Å². The Labute approximate surface area is 245 Å². The number of rotatable bonds is 11. The molecule has 1 N–H and O–H groups in total. The van der Waals surface area contributed by atoms with E-state index in [4.69, 9.17) is 9.47 Å². The third-order valence-electron chi connectivity index (χ3n) is 6.42. The molecule has 0 fully saturated rings. The summed E-state index contributed by atoms with van der Waals surface area (Å²) in [5.41, 5.74) is 4.78. The molecule has 41 heavy (non-hydrogen) atoms. The van der Waals surface area contributed by atoms with E-state index in [1.807, 2.05) is 81.4 Å². The molecule has 1 aromatic heterocycles. The Bertz CT molecular complexity index is 1480. The molecule has 1 unspecified atom stereocenters. The molecule has 0 aliphatic carbocycles. The van der Waals surface area contributed by atoms with E-state index in [1.165, 1.54) is 18.9 Å². The fraction of sp³-hybridized carbons (Fsp3) is 0.250. The molecule has 4 aromatic rings. The van der Waals surface area contributed by atoms with Crippen LogP contribution in [0, 0.1) is 20.8 Å². The van der Waals surface area contributed by atoms with Gasteiger partial charge < -0.3 is 19.7 Å². The van der Waals surface area contributed by atoms with Gasteiger partial charge in [-0.25, -0.2) is 9.97 Å². The van der Waals surface area contributed by atoms with Crippen molar-refractivity contribution in [2.24, 2.45) is 0 Å². The Morgan fingerprint density at radius 2 is 1.56 bits per heavy atom. The highest BCUT2D eigenvalue weighted by Gasteiger charge is 2.32. The molecule has 3 aromatic carbocycles. The molecule has 9 heteroatoms. The van der Waals surface area contributed by atoms with Crippen LogP contribution in [0.4, 0.5) is 5.69 Å². The van der Waals surface area contributed by atoms with Crippen LogP contribution in [-0.2, 0) is 16.1 Å². The van der Waals surface area contributed by atoms with Gasteiger partial charge >= 0.3 is 0 Å². The Kier molecular flexibility index (Phi) is 9.97. The standard InChI is InChI=1S/C32H34N4O4S/c1-21-11-13-25(14-12-21)30(31(38)35-27-16-15-26(39-4)18-28(27)40-5)36(19-24-9-7-6-8-10-24)29(37)20-41-32-33-22(2)17-23(3)34-32/h6-18,30H,19-20H2,1-5H3,(H,35,38). The van der Waals surface area contributed by atoms with Gasteiger partial charge in [-0.2, -0.15) is 0 Å². The SMILES string of the molecule is COc1ccc(NC(=O)C(c2ccc(C)cc2)N(Cc2ccccc2)C(=O)CSc2nc(C)cc(C)n2)c(OC)c1. The van der Waals surface area contributed by atoms with Crippen molar-refractivity contribution in [3.63, 3.8) is 0 Å². The average molecular weight is 571 g/mol. The number of amides is 2. The highest BCUT2D eigenvalue weighted by Crippen LogP contribution is 2.32. The van der Waals surface area contributed by atoms with E-state index in [0.29, 0.717) is 27.9 Å². The molecule has 4 rings (SSSR count). The molecule has 0 aliphatic rings. The first-order chi connectivity index (χ1) is 19.8. The van der Waals surface area contributed by atoms with Crippen LogP contribution in [0.3, 0.4) is 0 Å². The van der Waals surface area contributed by atoms with Gasteiger partial charge in [0.05, 0.1) is 25.7 Å². The molecular weight excluding hydrogens is 536 g/mol. The lowest BCUT2D eigenvalue weighted by atomic mass is 10.0. The van der Waals surface area contributed by atoms with Crippen LogP contribution in [0.1, 0.15) is 34.1 Å². The minimum absolute atomic E-state index is 0.0667. The second kappa shape index (κ2) is 13.8. The summed E-state index contributed by atoms with van der Waals surface area (Å²) in [4.78, 5) is 38.6. The van der Waals surface area contributed by atoms with E-state index in [0.717, 1.165) is 22.5 Å². The number of aryl methyl sites for hydroxylation is 3. The van der Waals surface area contributed by atoms with E-state index in [9.17, 15) is 9.59 Å². The number of nitrogens with one attached hydrogen (secondary N) is 1. The highest BCUT2D eigenvalue weighted by atomic mass is 32.2. The minimum Gasteiger partial charge on any atom is -0.497 e. The lowest BCUT2D eigenvalue weighted by Crippen LogP contribution is -2.41. The summed E-state index contributed by atoms with van der Waals surface area (Å²) >= 11 is 1.26. The fourth-order valence-corrected chi connectivity index (χ4v) is 5.23. The number of anilines is 1. The zero-order chi connectivity index (χ0) is 29.4. The number of hydrogen-bond donors (Lipinski definition) is 1. The summed E-state index contributed by atoms with van der Waals surface area (Å²) in [5.74, 6) is 0.528. The van der Waals surface area contributed by atoms with Crippen molar-refractivity contribution in [3.05, 3.63) is 107 Å². The quantitative estimate of drug-likeness (QED) is 0.177. The number of benzene rings is 3. The van der Waals surface area contributed by atoms with Crippen LogP contribution in [0.25, 0.3) is 0 Å². The monoisotopic (exact) mass is 570 g/mol. The molecule has 8 nitrogen and oxygen atoms in total. The summed E-state index contributed by atoms with van der Waals surface area (Å²) in [7, 11) is 3.09. The van der Waals surface area contributed by atoms with E-state index < -0.39 is 6.04 Å². The number of nitrogens with zero attached hydrogens (tertiary/aromatic N) is 3. The first kappa shape index (κ1) is 29.6. The molecule has 0 saturated heterocycles. The number of hydrogen-bond acceptors (Lipinski definition) is 7. The van der Waals surface area contributed by atoms with E-state index in [1.54, 1.807) is 30.2 Å². The molecule has 1 atom stereocenters. The lowest BCUT2D eigenvalue weighted by molar-refractivity contribution is -0.137. The first-order valence-electron chi connectivity index (χ1n) is 13.2. The molecule has 1 heterocycles. The van der Waals surface area contributed by atoms with Crippen molar-refractivity contribution in [1.82, 2.24) is 14.9 Å². The minimum atomic E-state index is -0.920. The first-order valence-corrected chi connectivity index (χ1v) is 14.1. The predicted molar refractivity (Wildman–Crippen MR) is 161 cm³/mol. The zero-order valence-corrected chi connectivity index (χ0v) is 24.7. The number of aromatic nitrogens is 2. The zero-order valence-electron chi connectivity index (χ0n) is 23.9. The third kappa shape index (κ3) is 7.85. The smallest absolute Gasteiger partial charge is 0.251 e. The van der Waals surface area contributed by atoms with Crippen LogP contribution >= 0.6 is 11.8 Å². The Balaban J connectivity index is 1.71. The normalized spacial score (nSPS) is 11.4. The van der Waals surface area contributed by atoms with Crippen molar-refractivity contribution < 1.29 is 19.1 Å². The number of methoxy groups -OCH3 is 2. The molecule has 0 spiro atoms. The summed E-state index contributed by atoms with van der Waals surface area (Å²) in [6.45, 7) is 6.01. The Morgan fingerprint density at radius 1 is 0.878 bits per heavy atom.